The molecule has 0 unspecified atom stereocenters. The molecule has 0 aliphatic carbocycles. The Kier molecular flexibility index (Phi) is 4.50. The summed E-state index contributed by atoms with van der Waals surface area (Å²) in [5, 5.41) is 18.8. The minimum absolute atomic E-state index is 0.404. The molecule has 0 fully saturated rings. The number of thioether (sulfide) groups is 1. The fourth-order valence-electron chi connectivity index (χ4n) is 2.35. The van der Waals surface area contributed by atoms with Gasteiger partial charge in [0, 0.05) is 15.8 Å². The molecule has 0 saturated carbocycles. The smallest absolute Gasteiger partial charge is 0.319 e. The van der Waals surface area contributed by atoms with Crippen molar-refractivity contribution < 1.29 is 14.3 Å². The van der Waals surface area contributed by atoms with E-state index in [0.29, 0.717) is 20.5 Å². The van der Waals surface area contributed by atoms with Crippen LogP contribution in [0.25, 0.3) is 21.2 Å². The fraction of sp³-hybridized carbons (Fsp3) is 0.167. The van der Waals surface area contributed by atoms with E-state index in [4.69, 9.17) is 5.26 Å². The van der Waals surface area contributed by atoms with Gasteiger partial charge in [0.25, 0.3) is 0 Å². The zero-order chi connectivity index (χ0) is 18.2. The lowest BCUT2D eigenvalue weighted by atomic mass is 10.0. The number of carbonyl (C=O) groups is 1. The lowest BCUT2D eigenvalue weighted by Gasteiger charge is -2.21. The van der Waals surface area contributed by atoms with E-state index in [1.54, 1.807) is 38.1 Å². The van der Waals surface area contributed by atoms with Crippen molar-refractivity contribution in [2.75, 3.05) is 0 Å². The SMILES string of the molecule is CC(C)(Sc1cc(F)c2cnsc2c1-c1ccc(C#N)cc1)C(=O)O. The summed E-state index contributed by atoms with van der Waals surface area (Å²) in [4.78, 5) is 12.0. The van der Waals surface area contributed by atoms with Gasteiger partial charge in [-0.25, -0.2) is 4.39 Å². The number of carboxylic acid groups (broad SMARTS) is 1. The number of aromatic nitrogens is 1. The van der Waals surface area contributed by atoms with E-state index >= 15 is 0 Å². The largest absolute Gasteiger partial charge is 0.480 e. The topological polar surface area (TPSA) is 74.0 Å². The molecule has 2 aromatic carbocycles. The molecule has 0 aliphatic rings. The van der Waals surface area contributed by atoms with Crippen molar-refractivity contribution in [2.45, 2.75) is 23.5 Å². The zero-order valence-electron chi connectivity index (χ0n) is 13.4. The molecule has 0 radical (unpaired) electrons. The Morgan fingerprint density at radius 3 is 2.64 bits per heavy atom. The van der Waals surface area contributed by atoms with Crippen LogP contribution >= 0.6 is 23.3 Å². The van der Waals surface area contributed by atoms with Crippen LogP contribution in [0.15, 0.2) is 41.4 Å². The summed E-state index contributed by atoms with van der Waals surface area (Å²) in [5.74, 6) is -1.40. The number of halogens is 1. The second-order valence-corrected chi connectivity index (χ2v) is 8.37. The molecule has 0 amide bonds. The van der Waals surface area contributed by atoms with Crippen molar-refractivity contribution in [1.29, 1.82) is 5.26 Å². The average molecular weight is 372 g/mol. The Labute approximate surface area is 152 Å². The summed E-state index contributed by atoms with van der Waals surface area (Å²) in [6, 6.07) is 10.3. The zero-order valence-corrected chi connectivity index (χ0v) is 15.0. The predicted molar refractivity (Wildman–Crippen MR) is 97.3 cm³/mol. The average Bonchev–Trinajstić information content (AvgIpc) is 3.05. The van der Waals surface area contributed by atoms with Crippen molar-refractivity contribution in [1.82, 2.24) is 4.37 Å². The molecular formula is C18H13FN2O2S2. The van der Waals surface area contributed by atoms with E-state index in [1.165, 1.54) is 23.8 Å². The van der Waals surface area contributed by atoms with Gasteiger partial charge in [-0.15, -0.1) is 11.8 Å². The maximum absolute atomic E-state index is 14.4. The highest BCUT2D eigenvalue weighted by molar-refractivity contribution is 8.01. The number of benzene rings is 2. The predicted octanol–water partition coefficient (Wildman–Crippen LogP) is 4.93. The fourth-order valence-corrected chi connectivity index (χ4v) is 4.37. The van der Waals surface area contributed by atoms with Gasteiger partial charge >= 0.3 is 5.97 Å². The van der Waals surface area contributed by atoms with Gasteiger partial charge < -0.3 is 5.11 Å². The van der Waals surface area contributed by atoms with E-state index in [-0.39, 0.29) is 0 Å². The normalized spacial score (nSPS) is 11.4. The van der Waals surface area contributed by atoms with Gasteiger partial charge in [0.2, 0.25) is 0 Å². The third-order valence-corrected chi connectivity index (χ3v) is 5.79. The molecule has 1 heterocycles. The Morgan fingerprint density at radius 2 is 2.04 bits per heavy atom. The van der Waals surface area contributed by atoms with Gasteiger partial charge in [0.1, 0.15) is 10.6 Å². The molecule has 4 nitrogen and oxygen atoms in total. The molecule has 126 valence electrons. The number of carboxylic acids is 1. The third-order valence-electron chi connectivity index (χ3n) is 3.74. The van der Waals surface area contributed by atoms with Gasteiger partial charge in [-0.1, -0.05) is 12.1 Å². The number of nitrogens with zero attached hydrogens (tertiary/aromatic N) is 2. The molecule has 0 saturated heterocycles. The summed E-state index contributed by atoms with van der Waals surface area (Å²) >= 11 is 2.26. The second kappa shape index (κ2) is 6.47. The molecule has 0 spiro atoms. The van der Waals surface area contributed by atoms with E-state index < -0.39 is 16.5 Å². The Bertz CT molecular complexity index is 1000. The van der Waals surface area contributed by atoms with Crippen LogP contribution in [0.3, 0.4) is 0 Å². The maximum Gasteiger partial charge on any atom is 0.319 e. The maximum atomic E-state index is 14.4. The van der Waals surface area contributed by atoms with Gasteiger partial charge in [0.15, 0.2) is 0 Å². The lowest BCUT2D eigenvalue weighted by molar-refractivity contribution is -0.138. The molecule has 3 rings (SSSR count). The first-order valence-corrected chi connectivity index (χ1v) is 8.92. The minimum atomic E-state index is -1.12. The van der Waals surface area contributed by atoms with Crippen LogP contribution in [-0.2, 0) is 4.79 Å². The molecule has 1 aromatic heterocycles. The van der Waals surface area contributed by atoms with E-state index in [9.17, 15) is 14.3 Å². The quantitative estimate of drug-likeness (QED) is 0.657. The summed E-state index contributed by atoms with van der Waals surface area (Å²) in [6.07, 6.45) is 1.47. The first kappa shape index (κ1) is 17.4. The molecule has 7 heteroatoms. The number of hydrogen-bond donors (Lipinski definition) is 1. The van der Waals surface area contributed by atoms with Crippen LogP contribution in [0, 0.1) is 17.1 Å². The Balaban J connectivity index is 2.25. The van der Waals surface area contributed by atoms with Gasteiger partial charge in [-0.3, -0.25) is 4.79 Å². The van der Waals surface area contributed by atoms with Crippen molar-refractivity contribution in [3.05, 3.63) is 47.9 Å². The Hall–Kier alpha value is -2.43. The van der Waals surface area contributed by atoms with E-state index in [2.05, 4.69) is 10.4 Å². The molecule has 25 heavy (non-hydrogen) atoms. The number of aliphatic carboxylic acids is 1. The van der Waals surface area contributed by atoms with Gasteiger partial charge in [0.05, 0.1) is 22.5 Å². The summed E-state index contributed by atoms with van der Waals surface area (Å²) in [6.45, 7) is 3.16. The Morgan fingerprint density at radius 1 is 1.36 bits per heavy atom. The summed E-state index contributed by atoms with van der Waals surface area (Å²) in [5.41, 5.74) is 2.05. The number of fused-ring (bicyclic) bond motifs is 1. The molecule has 0 atom stereocenters. The van der Waals surface area contributed by atoms with Gasteiger partial charge in [-0.05, 0) is 49.1 Å². The standard InChI is InChI=1S/C18H13FN2O2S2/c1-18(2,17(22)23)24-14-7-13(19)12-9-21-25-16(12)15(14)11-5-3-10(8-20)4-6-11/h3-7,9H,1-2H3,(H,22,23). The highest BCUT2D eigenvalue weighted by Gasteiger charge is 2.31. The van der Waals surface area contributed by atoms with Crippen molar-refractivity contribution in [3.63, 3.8) is 0 Å². The highest BCUT2D eigenvalue weighted by atomic mass is 32.2. The van der Waals surface area contributed by atoms with Crippen LogP contribution in [0.1, 0.15) is 19.4 Å². The summed E-state index contributed by atoms with van der Waals surface area (Å²) < 4.78 is 18.1. The van der Waals surface area contributed by atoms with E-state index in [1.807, 2.05) is 0 Å². The number of nitriles is 1. The van der Waals surface area contributed by atoms with Crippen molar-refractivity contribution in [3.8, 4) is 17.2 Å². The van der Waals surface area contributed by atoms with Crippen molar-refractivity contribution >= 4 is 39.3 Å². The first-order valence-electron chi connectivity index (χ1n) is 7.33. The van der Waals surface area contributed by atoms with Gasteiger partial charge in [-0.2, -0.15) is 9.64 Å². The highest BCUT2D eigenvalue weighted by Crippen LogP contribution is 2.44. The summed E-state index contributed by atoms with van der Waals surface area (Å²) in [7, 11) is 0. The number of hydrogen-bond acceptors (Lipinski definition) is 5. The molecule has 0 aliphatic heterocycles. The van der Waals surface area contributed by atoms with Crippen LogP contribution in [0.4, 0.5) is 4.39 Å². The lowest BCUT2D eigenvalue weighted by Crippen LogP contribution is -2.27. The van der Waals surface area contributed by atoms with Crippen LogP contribution in [0.2, 0.25) is 0 Å². The van der Waals surface area contributed by atoms with E-state index in [0.717, 1.165) is 22.9 Å². The molecular weight excluding hydrogens is 359 g/mol. The molecule has 1 N–H and O–H groups in total. The van der Waals surface area contributed by atoms with Crippen LogP contribution in [-0.4, -0.2) is 20.2 Å². The third kappa shape index (κ3) is 3.23. The van der Waals surface area contributed by atoms with Crippen LogP contribution in [0.5, 0.6) is 0 Å². The monoisotopic (exact) mass is 372 g/mol. The second-order valence-electron chi connectivity index (χ2n) is 5.91. The minimum Gasteiger partial charge on any atom is -0.480 e. The molecule has 3 aromatic rings. The van der Waals surface area contributed by atoms with Crippen molar-refractivity contribution in [2.24, 2.45) is 0 Å². The first-order chi connectivity index (χ1) is 11.8. The van der Waals surface area contributed by atoms with Crippen LogP contribution < -0.4 is 0 Å². The molecule has 0 bridgehead atoms. The number of rotatable bonds is 4.